The molecule has 1 aliphatic rings. The van der Waals surface area contributed by atoms with Gasteiger partial charge in [0.05, 0.1) is 6.10 Å². The molecule has 1 N–H and O–H groups in total. The summed E-state index contributed by atoms with van der Waals surface area (Å²) in [4.78, 5) is 4.81. The van der Waals surface area contributed by atoms with Crippen LogP contribution < -0.4 is 0 Å². The van der Waals surface area contributed by atoms with E-state index >= 15 is 0 Å². The predicted molar refractivity (Wildman–Crippen MR) is 75.5 cm³/mol. The van der Waals surface area contributed by atoms with Crippen LogP contribution in [0.15, 0.2) is 0 Å². The number of rotatable bonds is 5. The topological polar surface area (TPSA) is 26.7 Å². The van der Waals surface area contributed by atoms with Gasteiger partial charge in [-0.05, 0) is 20.3 Å². The van der Waals surface area contributed by atoms with E-state index in [-0.39, 0.29) is 16.7 Å². The van der Waals surface area contributed by atoms with Gasteiger partial charge < -0.3 is 10.0 Å². The third kappa shape index (κ3) is 4.84. The second-order valence-corrected chi connectivity index (χ2v) is 6.28. The van der Waals surface area contributed by atoms with Crippen LogP contribution in [0.1, 0.15) is 20.3 Å². The molecule has 0 aromatic rings. The molecule has 1 heterocycles. The van der Waals surface area contributed by atoms with Gasteiger partial charge in [-0.15, -0.1) is 0 Å². The van der Waals surface area contributed by atoms with Crippen molar-refractivity contribution < 1.29 is 5.11 Å². The molecule has 5 heteroatoms. The highest BCUT2D eigenvalue weighted by Gasteiger charge is 2.23. The van der Waals surface area contributed by atoms with Crippen molar-refractivity contribution in [3.63, 3.8) is 0 Å². The monoisotopic (exact) mass is 264 g/mol. The molecule has 1 unspecified atom stereocenters. The quantitative estimate of drug-likeness (QED) is 0.510. The summed E-state index contributed by atoms with van der Waals surface area (Å²) in [6, 6.07) is 0.268. The Morgan fingerprint density at radius 1 is 1.12 bits per heavy atom. The molecule has 0 amide bonds. The molecule has 0 aromatic carbocycles. The molecule has 2 atom stereocenters. The average Bonchev–Trinajstić information content (AvgIpc) is 2.26. The van der Waals surface area contributed by atoms with Crippen molar-refractivity contribution in [2.75, 3.05) is 32.7 Å². The molecule has 1 fully saturated rings. The van der Waals surface area contributed by atoms with Crippen molar-refractivity contribution >= 4 is 25.3 Å². The molecule has 96 valence electrons. The van der Waals surface area contributed by atoms with Crippen molar-refractivity contribution in [1.82, 2.24) is 9.80 Å². The van der Waals surface area contributed by atoms with Crippen LogP contribution in [0.2, 0.25) is 0 Å². The van der Waals surface area contributed by atoms with Crippen molar-refractivity contribution in [3.05, 3.63) is 0 Å². The standard InChI is InChI=1S/C11H24N2OS2/c1-9(10(2)14)13-7-5-12(6-8-13)4-3-11(15)16/h9-11,14-16H,3-8H2,1-2H3/t9?,10-/m1/s1. The minimum absolute atomic E-state index is 0.189. The first-order valence-electron chi connectivity index (χ1n) is 6.01. The number of aliphatic hydroxyl groups is 1. The van der Waals surface area contributed by atoms with Gasteiger partial charge in [-0.1, -0.05) is 0 Å². The molecule has 0 spiro atoms. The van der Waals surface area contributed by atoms with Gasteiger partial charge in [0.15, 0.2) is 0 Å². The summed E-state index contributed by atoms with van der Waals surface area (Å²) in [5.41, 5.74) is 0. The maximum absolute atomic E-state index is 9.54. The summed E-state index contributed by atoms with van der Waals surface area (Å²) in [5.74, 6) is 0. The Kier molecular flexibility index (Phi) is 6.51. The van der Waals surface area contributed by atoms with Crippen LogP contribution >= 0.6 is 25.3 Å². The SMILES string of the molecule is CC([C@@H](C)O)N1CCN(CCC(S)S)CC1. The third-order valence-corrected chi connectivity index (χ3v) is 3.90. The van der Waals surface area contributed by atoms with Gasteiger partial charge in [0.1, 0.15) is 0 Å². The Hall–Kier alpha value is 0.580. The molecule has 1 saturated heterocycles. The Balaban J connectivity index is 2.23. The molecular weight excluding hydrogens is 240 g/mol. The first-order chi connectivity index (χ1) is 7.50. The first kappa shape index (κ1) is 14.6. The zero-order chi connectivity index (χ0) is 12.1. The van der Waals surface area contributed by atoms with Crippen LogP contribution in [0, 0.1) is 0 Å². The van der Waals surface area contributed by atoms with Gasteiger partial charge >= 0.3 is 0 Å². The van der Waals surface area contributed by atoms with Gasteiger partial charge in [-0.25, -0.2) is 0 Å². The third-order valence-electron chi connectivity index (χ3n) is 3.38. The Labute approximate surface area is 110 Å². The van der Waals surface area contributed by atoms with E-state index in [0.717, 1.165) is 39.1 Å². The molecule has 16 heavy (non-hydrogen) atoms. The molecule has 0 bridgehead atoms. The summed E-state index contributed by atoms with van der Waals surface area (Å²) >= 11 is 8.54. The van der Waals surface area contributed by atoms with Crippen molar-refractivity contribution in [2.24, 2.45) is 0 Å². The van der Waals surface area contributed by atoms with Gasteiger partial charge in [-0.2, -0.15) is 25.3 Å². The second-order valence-electron chi connectivity index (χ2n) is 4.63. The smallest absolute Gasteiger partial charge is 0.0664 e. The summed E-state index contributed by atoms with van der Waals surface area (Å²) < 4.78 is 0.189. The van der Waals surface area contributed by atoms with E-state index in [0.29, 0.717) is 0 Å². The summed E-state index contributed by atoms with van der Waals surface area (Å²) in [5, 5.41) is 9.54. The fourth-order valence-corrected chi connectivity index (χ4v) is 2.23. The highest BCUT2D eigenvalue weighted by atomic mass is 32.2. The van der Waals surface area contributed by atoms with Crippen LogP contribution in [0.25, 0.3) is 0 Å². The van der Waals surface area contributed by atoms with E-state index < -0.39 is 0 Å². The maximum atomic E-state index is 9.54. The summed E-state index contributed by atoms with van der Waals surface area (Å²) in [6.45, 7) is 9.32. The van der Waals surface area contributed by atoms with Crippen LogP contribution in [0.3, 0.4) is 0 Å². The predicted octanol–water partition coefficient (Wildman–Crippen LogP) is 0.949. The van der Waals surface area contributed by atoms with Crippen LogP contribution in [0.5, 0.6) is 0 Å². The van der Waals surface area contributed by atoms with Gasteiger partial charge in [-0.3, -0.25) is 4.90 Å². The number of piperazine rings is 1. The van der Waals surface area contributed by atoms with E-state index in [1.807, 2.05) is 6.92 Å². The Morgan fingerprint density at radius 3 is 2.12 bits per heavy atom. The number of thiol groups is 2. The van der Waals surface area contributed by atoms with Gasteiger partial charge in [0.2, 0.25) is 0 Å². The minimum atomic E-state index is -0.245. The second kappa shape index (κ2) is 7.11. The normalized spacial score (nSPS) is 23.6. The average molecular weight is 264 g/mol. The van der Waals surface area contributed by atoms with Crippen LogP contribution in [-0.2, 0) is 0 Å². The fourth-order valence-electron chi connectivity index (χ4n) is 2.00. The first-order valence-corrected chi connectivity index (χ1v) is 7.04. The van der Waals surface area contributed by atoms with Gasteiger partial charge in [0.25, 0.3) is 0 Å². The molecule has 1 aliphatic heterocycles. The lowest BCUT2D eigenvalue weighted by Gasteiger charge is -2.39. The molecule has 0 radical (unpaired) electrons. The lowest BCUT2D eigenvalue weighted by Crippen LogP contribution is -2.52. The summed E-state index contributed by atoms with van der Waals surface area (Å²) in [7, 11) is 0. The van der Waals surface area contributed by atoms with Crippen LogP contribution in [-0.4, -0.2) is 64.4 Å². The van der Waals surface area contributed by atoms with Crippen LogP contribution in [0.4, 0.5) is 0 Å². The molecular formula is C11H24N2OS2. The zero-order valence-electron chi connectivity index (χ0n) is 10.2. The van der Waals surface area contributed by atoms with Crippen molar-refractivity contribution in [3.8, 4) is 0 Å². The zero-order valence-corrected chi connectivity index (χ0v) is 12.0. The molecule has 1 rings (SSSR count). The Bertz CT molecular complexity index is 194. The maximum Gasteiger partial charge on any atom is 0.0664 e. The summed E-state index contributed by atoms with van der Waals surface area (Å²) in [6.07, 6.45) is 0.781. The lowest BCUT2D eigenvalue weighted by atomic mass is 10.1. The molecule has 0 aliphatic carbocycles. The molecule has 0 saturated carbocycles. The fraction of sp³-hybridized carbons (Fsp3) is 1.00. The number of nitrogens with zero attached hydrogens (tertiary/aromatic N) is 2. The van der Waals surface area contributed by atoms with E-state index in [2.05, 4.69) is 42.0 Å². The number of hydrogen-bond donors (Lipinski definition) is 3. The van der Waals surface area contributed by atoms with E-state index in [1.54, 1.807) is 0 Å². The number of aliphatic hydroxyl groups excluding tert-OH is 1. The van der Waals surface area contributed by atoms with Crippen molar-refractivity contribution in [1.29, 1.82) is 0 Å². The Morgan fingerprint density at radius 2 is 1.69 bits per heavy atom. The van der Waals surface area contributed by atoms with E-state index in [9.17, 15) is 5.11 Å². The minimum Gasteiger partial charge on any atom is -0.392 e. The van der Waals surface area contributed by atoms with E-state index in [4.69, 9.17) is 0 Å². The highest BCUT2D eigenvalue weighted by Crippen LogP contribution is 2.11. The number of hydrogen-bond acceptors (Lipinski definition) is 5. The van der Waals surface area contributed by atoms with Crippen molar-refractivity contribution in [2.45, 2.75) is 37.0 Å². The lowest BCUT2D eigenvalue weighted by molar-refractivity contribution is 0.0356. The largest absolute Gasteiger partial charge is 0.392 e. The van der Waals surface area contributed by atoms with E-state index in [1.165, 1.54) is 0 Å². The highest BCUT2D eigenvalue weighted by molar-refractivity contribution is 7.99. The molecule has 0 aromatic heterocycles. The van der Waals surface area contributed by atoms with Gasteiger partial charge in [0, 0.05) is 43.3 Å². The molecule has 3 nitrogen and oxygen atoms in total.